The van der Waals surface area contributed by atoms with E-state index in [9.17, 15) is 8.42 Å². The molecule has 2 saturated carbocycles. The lowest BCUT2D eigenvalue weighted by Crippen LogP contribution is -2.31. The molecule has 6 heteroatoms. The molecule has 106 valence electrons. The van der Waals surface area contributed by atoms with Crippen molar-refractivity contribution in [3.05, 3.63) is 28.8 Å². The predicted octanol–water partition coefficient (Wildman–Crippen LogP) is 2.68. The van der Waals surface area contributed by atoms with E-state index in [1.165, 1.54) is 31.0 Å². The first-order valence-corrected chi connectivity index (χ1v) is 8.52. The summed E-state index contributed by atoms with van der Waals surface area (Å²) in [5.74, 6) is 0.686. The molecular weight excluding hydrogens is 296 g/mol. The zero-order valence-electron chi connectivity index (χ0n) is 10.9. The quantitative estimate of drug-likeness (QED) is 0.909. The van der Waals surface area contributed by atoms with Crippen molar-refractivity contribution in [3.8, 4) is 6.07 Å². The lowest BCUT2D eigenvalue weighted by molar-refractivity contribution is 0.432. The van der Waals surface area contributed by atoms with E-state index in [2.05, 4.69) is 4.72 Å². The average molecular weight is 311 g/mol. The monoisotopic (exact) mass is 310 g/mol. The van der Waals surface area contributed by atoms with Crippen LogP contribution in [0.15, 0.2) is 23.1 Å². The third-order valence-electron chi connectivity index (χ3n) is 4.30. The van der Waals surface area contributed by atoms with Crippen molar-refractivity contribution < 1.29 is 8.42 Å². The Kier molecular flexibility index (Phi) is 3.28. The Morgan fingerprint density at radius 3 is 2.65 bits per heavy atom. The first-order chi connectivity index (χ1) is 9.47. The molecule has 0 heterocycles. The molecule has 0 aromatic heterocycles. The molecule has 0 saturated heterocycles. The Bertz CT molecular complexity index is 686. The molecular formula is C14H15ClN2O2S. The molecule has 2 aliphatic rings. The molecule has 0 atom stereocenters. The Morgan fingerprint density at radius 1 is 1.40 bits per heavy atom. The minimum absolute atomic E-state index is 0.00943. The van der Waals surface area contributed by atoms with Gasteiger partial charge in [0.1, 0.15) is 4.90 Å². The van der Waals surface area contributed by atoms with Crippen LogP contribution in [0, 0.1) is 22.7 Å². The average Bonchev–Trinajstić information content (AvgIpc) is 3.28. The van der Waals surface area contributed by atoms with Gasteiger partial charge in [0.2, 0.25) is 10.0 Å². The van der Waals surface area contributed by atoms with Crippen LogP contribution in [-0.2, 0) is 10.0 Å². The standard InChI is InChI=1S/C14H15ClN2O2S/c15-12-4-1-10(8-16)7-13(12)20(18,19)17-9-14(5-6-14)11-2-3-11/h1,4,7,11,17H,2-3,5-6,9H2. The summed E-state index contributed by atoms with van der Waals surface area (Å²) < 4.78 is 27.3. The van der Waals surface area contributed by atoms with Crippen LogP contribution in [0.2, 0.25) is 5.02 Å². The molecule has 0 spiro atoms. The van der Waals surface area contributed by atoms with Gasteiger partial charge in [-0.25, -0.2) is 13.1 Å². The van der Waals surface area contributed by atoms with E-state index in [1.54, 1.807) is 0 Å². The lowest BCUT2D eigenvalue weighted by atomic mass is 10.0. The maximum Gasteiger partial charge on any atom is 0.242 e. The van der Waals surface area contributed by atoms with Crippen LogP contribution in [0.25, 0.3) is 0 Å². The molecule has 0 radical (unpaired) electrons. The van der Waals surface area contributed by atoms with Crippen molar-refractivity contribution in [3.63, 3.8) is 0 Å². The maximum absolute atomic E-state index is 12.3. The van der Waals surface area contributed by atoms with Crippen molar-refractivity contribution >= 4 is 21.6 Å². The van der Waals surface area contributed by atoms with Gasteiger partial charge in [0, 0.05) is 6.54 Å². The number of halogens is 1. The highest BCUT2D eigenvalue weighted by atomic mass is 35.5. The van der Waals surface area contributed by atoms with Crippen LogP contribution in [0.3, 0.4) is 0 Å². The van der Waals surface area contributed by atoms with E-state index in [1.807, 2.05) is 6.07 Å². The van der Waals surface area contributed by atoms with Crippen molar-refractivity contribution in [1.82, 2.24) is 4.72 Å². The number of hydrogen-bond donors (Lipinski definition) is 1. The Balaban J connectivity index is 1.79. The Morgan fingerprint density at radius 2 is 2.10 bits per heavy atom. The summed E-state index contributed by atoms with van der Waals surface area (Å²) in [4.78, 5) is -0.00943. The van der Waals surface area contributed by atoms with E-state index in [4.69, 9.17) is 16.9 Å². The molecule has 1 aromatic carbocycles. The topological polar surface area (TPSA) is 70.0 Å². The third-order valence-corrected chi connectivity index (χ3v) is 6.18. The smallest absolute Gasteiger partial charge is 0.211 e. The second-order valence-corrected chi connectivity index (χ2v) is 7.86. The first-order valence-electron chi connectivity index (χ1n) is 6.66. The summed E-state index contributed by atoms with van der Waals surface area (Å²) in [7, 11) is -3.66. The minimum atomic E-state index is -3.66. The molecule has 0 aliphatic heterocycles. The third kappa shape index (κ3) is 2.56. The number of nitrogens with one attached hydrogen (secondary N) is 1. The zero-order valence-corrected chi connectivity index (χ0v) is 12.5. The highest BCUT2D eigenvalue weighted by molar-refractivity contribution is 7.89. The molecule has 2 aliphatic carbocycles. The number of benzene rings is 1. The zero-order chi connectivity index (χ0) is 14.4. The summed E-state index contributed by atoms with van der Waals surface area (Å²) in [6.07, 6.45) is 4.64. The molecule has 0 bridgehead atoms. The number of sulfonamides is 1. The summed E-state index contributed by atoms with van der Waals surface area (Å²) >= 11 is 5.95. The van der Waals surface area contributed by atoms with Crippen molar-refractivity contribution in [2.24, 2.45) is 11.3 Å². The molecule has 1 N–H and O–H groups in total. The van der Waals surface area contributed by atoms with Crippen LogP contribution in [0.1, 0.15) is 31.2 Å². The summed E-state index contributed by atoms with van der Waals surface area (Å²) in [5.41, 5.74) is 0.477. The van der Waals surface area contributed by atoms with E-state index in [0.29, 0.717) is 12.5 Å². The molecule has 0 unspecified atom stereocenters. The molecule has 4 nitrogen and oxygen atoms in total. The van der Waals surface area contributed by atoms with Crippen LogP contribution < -0.4 is 4.72 Å². The van der Waals surface area contributed by atoms with Gasteiger partial charge in [-0.15, -0.1) is 0 Å². The highest BCUT2D eigenvalue weighted by Crippen LogP contribution is 2.60. The number of hydrogen-bond acceptors (Lipinski definition) is 3. The first kappa shape index (κ1) is 13.9. The van der Waals surface area contributed by atoms with Gasteiger partial charge in [-0.2, -0.15) is 5.26 Å². The van der Waals surface area contributed by atoms with E-state index >= 15 is 0 Å². The largest absolute Gasteiger partial charge is 0.242 e. The Hall–Kier alpha value is -1.09. The van der Waals surface area contributed by atoms with Crippen molar-refractivity contribution in [2.45, 2.75) is 30.6 Å². The molecule has 20 heavy (non-hydrogen) atoms. The lowest BCUT2D eigenvalue weighted by Gasteiger charge is -2.15. The number of nitrogens with zero attached hydrogens (tertiary/aromatic N) is 1. The number of rotatable bonds is 5. The van der Waals surface area contributed by atoms with Gasteiger partial charge >= 0.3 is 0 Å². The van der Waals surface area contributed by atoms with E-state index < -0.39 is 10.0 Å². The summed E-state index contributed by atoms with van der Waals surface area (Å²) in [5, 5.41) is 9.01. The summed E-state index contributed by atoms with van der Waals surface area (Å²) in [6, 6.07) is 6.20. The van der Waals surface area contributed by atoms with Crippen LogP contribution in [0.4, 0.5) is 0 Å². The maximum atomic E-state index is 12.3. The van der Waals surface area contributed by atoms with Gasteiger partial charge in [0.15, 0.2) is 0 Å². The van der Waals surface area contributed by atoms with Gasteiger partial charge in [-0.3, -0.25) is 0 Å². The van der Waals surface area contributed by atoms with Crippen molar-refractivity contribution in [1.29, 1.82) is 5.26 Å². The Labute approximate surface area is 123 Å². The predicted molar refractivity (Wildman–Crippen MR) is 75.7 cm³/mol. The van der Waals surface area contributed by atoms with E-state index in [-0.39, 0.29) is 20.9 Å². The van der Waals surface area contributed by atoms with Crippen LogP contribution >= 0.6 is 11.6 Å². The SMILES string of the molecule is N#Cc1ccc(Cl)c(S(=O)(=O)NCC2(C3CC3)CC2)c1. The summed E-state index contributed by atoms with van der Waals surface area (Å²) in [6.45, 7) is 0.479. The van der Waals surface area contributed by atoms with Gasteiger partial charge in [-0.1, -0.05) is 11.6 Å². The van der Waals surface area contributed by atoms with Gasteiger partial charge in [-0.05, 0) is 55.2 Å². The second-order valence-electron chi connectivity index (χ2n) is 5.72. The molecule has 2 fully saturated rings. The molecule has 0 amide bonds. The minimum Gasteiger partial charge on any atom is -0.211 e. The van der Waals surface area contributed by atoms with Crippen LogP contribution in [0.5, 0.6) is 0 Å². The normalized spacial score (nSPS) is 20.4. The van der Waals surface area contributed by atoms with Crippen molar-refractivity contribution in [2.75, 3.05) is 6.54 Å². The number of nitriles is 1. The second kappa shape index (κ2) is 4.73. The fraction of sp³-hybridized carbons (Fsp3) is 0.500. The van der Waals surface area contributed by atoms with Gasteiger partial charge in [0.25, 0.3) is 0 Å². The molecule has 1 aromatic rings. The molecule has 3 rings (SSSR count). The fourth-order valence-corrected chi connectivity index (χ4v) is 4.34. The van der Waals surface area contributed by atoms with Crippen LogP contribution in [-0.4, -0.2) is 15.0 Å². The highest BCUT2D eigenvalue weighted by Gasteiger charge is 2.53. The fourth-order valence-electron chi connectivity index (χ4n) is 2.68. The van der Waals surface area contributed by atoms with Gasteiger partial charge < -0.3 is 0 Å². The van der Waals surface area contributed by atoms with Gasteiger partial charge in [0.05, 0.1) is 16.7 Å². The van der Waals surface area contributed by atoms with E-state index in [0.717, 1.165) is 12.8 Å².